The molecule has 2 atom stereocenters. The Balaban J connectivity index is 4.36. The molecule has 0 aliphatic carbocycles. The smallest absolute Gasteiger partial charge is 0.393 e. The maximum atomic E-state index is 12.2. The van der Waals surface area contributed by atoms with Crippen molar-refractivity contribution in [1.29, 1.82) is 0 Å². The van der Waals surface area contributed by atoms with Gasteiger partial charge in [-0.3, -0.25) is 4.79 Å². The molecule has 0 aliphatic heterocycles. The maximum Gasteiger partial charge on any atom is 0.393 e. The number of esters is 1. The number of halogens is 3. The molecule has 0 rings (SSSR count). The molecule has 0 aromatic rings. The van der Waals surface area contributed by atoms with Gasteiger partial charge in [-0.25, -0.2) is 0 Å². The molecule has 0 aromatic carbocycles. The second-order valence-corrected chi connectivity index (χ2v) is 2.79. The number of nitrogens with two attached hydrogens (primary N) is 1. The molecule has 0 fully saturated rings. The van der Waals surface area contributed by atoms with E-state index in [0.717, 1.165) is 7.11 Å². The molecule has 2 N–H and O–H groups in total. The predicted octanol–water partition coefficient (Wildman–Crippen LogP) is 1.08. The molecule has 2 unspecified atom stereocenters. The zero-order valence-corrected chi connectivity index (χ0v) is 7.39. The number of hydrogen-bond donors (Lipinski definition) is 1. The third-order valence-electron chi connectivity index (χ3n) is 1.67. The van der Waals surface area contributed by atoms with Crippen LogP contribution in [0.5, 0.6) is 0 Å². The van der Waals surface area contributed by atoms with Crippen molar-refractivity contribution in [2.75, 3.05) is 7.11 Å². The first-order valence-corrected chi connectivity index (χ1v) is 3.68. The minimum Gasteiger partial charge on any atom is -0.469 e. The average molecular weight is 199 g/mol. The molecule has 0 amide bonds. The summed E-state index contributed by atoms with van der Waals surface area (Å²) in [5, 5.41) is 0. The second-order valence-electron chi connectivity index (χ2n) is 2.79. The normalized spacial score (nSPS) is 16.5. The van der Waals surface area contributed by atoms with Crippen LogP contribution in [0, 0.1) is 5.92 Å². The molecule has 13 heavy (non-hydrogen) atoms. The third-order valence-corrected chi connectivity index (χ3v) is 1.67. The zero-order valence-electron chi connectivity index (χ0n) is 7.39. The van der Waals surface area contributed by atoms with Gasteiger partial charge in [0.15, 0.2) is 0 Å². The van der Waals surface area contributed by atoms with E-state index in [0.29, 0.717) is 0 Å². The predicted molar refractivity (Wildman–Crippen MR) is 39.8 cm³/mol. The van der Waals surface area contributed by atoms with Crippen LogP contribution in [-0.2, 0) is 9.53 Å². The van der Waals surface area contributed by atoms with Gasteiger partial charge in [-0.1, -0.05) is 0 Å². The number of ether oxygens (including phenoxy) is 1. The lowest BCUT2D eigenvalue weighted by atomic mass is 9.98. The minimum atomic E-state index is -4.46. The van der Waals surface area contributed by atoms with Crippen molar-refractivity contribution < 1.29 is 22.7 Å². The van der Waals surface area contributed by atoms with Crippen LogP contribution in [0.3, 0.4) is 0 Å². The van der Waals surface area contributed by atoms with Gasteiger partial charge in [0.25, 0.3) is 0 Å². The van der Waals surface area contributed by atoms with E-state index < -0.39 is 30.5 Å². The number of rotatable bonds is 3. The summed E-state index contributed by atoms with van der Waals surface area (Å²) in [5.41, 5.74) is 5.10. The van der Waals surface area contributed by atoms with Crippen molar-refractivity contribution in [2.45, 2.75) is 25.6 Å². The van der Waals surface area contributed by atoms with E-state index in [1.54, 1.807) is 0 Å². The van der Waals surface area contributed by atoms with Crippen LogP contribution in [0.1, 0.15) is 13.3 Å². The Morgan fingerprint density at radius 1 is 1.54 bits per heavy atom. The Morgan fingerprint density at radius 2 is 2.00 bits per heavy atom. The van der Waals surface area contributed by atoms with Crippen LogP contribution in [0.25, 0.3) is 0 Å². The van der Waals surface area contributed by atoms with E-state index in [-0.39, 0.29) is 0 Å². The summed E-state index contributed by atoms with van der Waals surface area (Å²) in [7, 11) is 1.04. The molecule has 0 bridgehead atoms. The van der Waals surface area contributed by atoms with E-state index in [2.05, 4.69) is 4.74 Å². The van der Waals surface area contributed by atoms with E-state index in [1.165, 1.54) is 6.92 Å². The minimum absolute atomic E-state index is 0.725. The first kappa shape index (κ1) is 12.2. The fourth-order valence-corrected chi connectivity index (χ4v) is 0.863. The van der Waals surface area contributed by atoms with Crippen LogP contribution in [0.4, 0.5) is 13.2 Å². The highest BCUT2D eigenvalue weighted by Crippen LogP contribution is 2.30. The Bertz CT molecular complexity index is 179. The molecule has 3 nitrogen and oxygen atoms in total. The van der Waals surface area contributed by atoms with Gasteiger partial charge in [-0.05, 0) is 6.92 Å². The molecule has 6 heteroatoms. The van der Waals surface area contributed by atoms with Crippen molar-refractivity contribution in [2.24, 2.45) is 11.7 Å². The Morgan fingerprint density at radius 3 is 2.23 bits per heavy atom. The number of carbonyl (C=O) groups is 1. The monoisotopic (exact) mass is 199 g/mol. The van der Waals surface area contributed by atoms with Gasteiger partial charge in [0.05, 0.1) is 19.4 Å². The first-order valence-electron chi connectivity index (χ1n) is 3.68. The highest BCUT2D eigenvalue weighted by Gasteiger charge is 2.43. The second kappa shape index (κ2) is 4.45. The lowest BCUT2D eigenvalue weighted by molar-refractivity contribution is -0.187. The van der Waals surface area contributed by atoms with Gasteiger partial charge in [-0.15, -0.1) is 0 Å². The Labute approximate surface area is 74.0 Å². The number of carbonyl (C=O) groups excluding carboxylic acids is 1. The molecule has 78 valence electrons. The van der Waals surface area contributed by atoms with Crippen LogP contribution in [-0.4, -0.2) is 25.3 Å². The van der Waals surface area contributed by atoms with E-state index in [1.807, 2.05) is 0 Å². The van der Waals surface area contributed by atoms with E-state index in [4.69, 9.17) is 5.73 Å². The molecular formula is C7H12F3NO2. The lowest BCUT2D eigenvalue weighted by Crippen LogP contribution is -2.39. The van der Waals surface area contributed by atoms with Crippen LogP contribution in [0.15, 0.2) is 0 Å². The maximum absolute atomic E-state index is 12.2. The van der Waals surface area contributed by atoms with Gasteiger partial charge in [-0.2, -0.15) is 13.2 Å². The van der Waals surface area contributed by atoms with Crippen molar-refractivity contribution in [1.82, 2.24) is 0 Å². The first-order chi connectivity index (χ1) is 5.79. The Hall–Kier alpha value is -0.780. The van der Waals surface area contributed by atoms with E-state index in [9.17, 15) is 18.0 Å². The van der Waals surface area contributed by atoms with Crippen LogP contribution < -0.4 is 5.73 Å². The summed E-state index contributed by atoms with van der Waals surface area (Å²) < 4.78 is 40.7. The molecular weight excluding hydrogens is 187 g/mol. The Kier molecular flexibility index (Phi) is 4.19. The SMILES string of the molecule is COC(=O)CC(C(C)N)C(F)(F)F. The number of methoxy groups -OCH3 is 1. The highest BCUT2D eigenvalue weighted by atomic mass is 19.4. The zero-order chi connectivity index (χ0) is 10.6. The van der Waals surface area contributed by atoms with Crippen molar-refractivity contribution in [3.05, 3.63) is 0 Å². The van der Waals surface area contributed by atoms with Crippen LogP contribution >= 0.6 is 0 Å². The van der Waals surface area contributed by atoms with Gasteiger partial charge in [0.2, 0.25) is 0 Å². The highest BCUT2D eigenvalue weighted by molar-refractivity contribution is 5.69. The number of alkyl halides is 3. The van der Waals surface area contributed by atoms with E-state index >= 15 is 0 Å². The van der Waals surface area contributed by atoms with Crippen LogP contribution in [0.2, 0.25) is 0 Å². The topological polar surface area (TPSA) is 52.3 Å². The molecule has 0 heterocycles. The standard InChI is InChI=1S/C7H12F3NO2/c1-4(11)5(7(8,9)10)3-6(12)13-2/h4-5H,3,11H2,1-2H3. The molecule has 0 spiro atoms. The molecule has 0 saturated carbocycles. The molecule has 0 saturated heterocycles. The van der Waals surface area contributed by atoms with Gasteiger partial charge in [0.1, 0.15) is 0 Å². The molecule has 0 aliphatic rings. The van der Waals surface area contributed by atoms with Gasteiger partial charge in [0, 0.05) is 6.04 Å². The van der Waals surface area contributed by atoms with Gasteiger partial charge < -0.3 is 10.5 Å². The fourth-order valence-electron chi connectivity index (χ4n) is 0.863. The number of hydrogen-bond acceptors (Lipinski definition) is 3. The van der Waals surface area contributed by atoms with Gasteiger partial charge >= 0.3 is 12.1 Å². The summed E-state index contributed by atoms with van der Waals surface area (Å²) in [4.78, 5) is 10.6. The quantitative estimate of drug-likeness (QED) is 0.692. The average Bonchev–Trinajstić information content (AvgIpc) is 1.96. The molecule has 0 aromatic heterocycles. The van der Waals surface area contributed by atoms with Crippen molar-refractivity contribution in [3.8, 4) is 0 Å². The summed E-state index contributed by atoms with van der Waals surface area (Å²) in [6.45, 7) is 1.21. The molecule has 0 radical (unpaired) electrons. The van der Waals surface area contributed by atoms with Crippen molar-refractivity contribution in [3.63, 3.8) is 0 Å². The third kappa shape index (κ3) is 4.12. The largest absolute Gasteiger partial charge is 0.469 e. The lowest BCUT2D eigenvalue weighted by Gasteiger charge is -2.22. The van der Waals surface area contributed by atoms with Crippen molar-refractivity contribution >= 4 is 5.97 Å². The summed E-state index contributed by atoms with van der Waals surface area (Å²) >= 11 is 0. The summed E-state index contributed by atoms with van der Waals surface area (Å²) in [6, 6.07) is -1.11. The summed E-state index contributed by atoms with van der Waals surface area (Å²) in [5.74, 6) is -2.74. The summed E-state index contributed by atoms with van der Waals surface area (Å²) in [6.07, 6.45) is -5.18. The fraction of sp³-hybridized carbons (Fsp3) is 0.857.